The van der Waals surface area contributed by atoms with Crippen molar-refractivity contribution < 1.29 is 0 Å². The van der Waals surface area contributed by atoms with Crippen LogP contribution in [0.1, 0.15) is 34.1 Å². The molecule has 0 atom stereocenters. The third kappa shape index (κ3) is 3.63. The average molecular weight is 150 g/mol. The minimum absolute atomic E-state index is 0.0419. The fourth-order valence-corrected chi connectivity index (χ4v) is 1.16. The summed E-state index contributed by atoms with van der Waals surface area (Å²) in [5, 5.41) is 17.4. The van der Waals surface area contributed by atoms with Crippen molar-refractivity contribution in [2.24, 2.45) is 10.8 Å². The summed E-state index contributed by atoms with van der Waals surface area (Å²) in [6.07, 6.45) is 0.618. The summed E-state index contributed by atoms with van der Waals surface area (Å²) < 4.78 is 0. The van der Waals surface area contributed by atoms with Crippen molar-refractivity contribution in [1.29, 1.82) is 10.5 Å². The molecule has 0 bridgehead atoms. The van der Waals surface area contributed by atoms with E-state index >= 15 is 0 Å². The summed E-state index contributed by atoms with van der Waals surface area (Å²) in [4.78, 5) is 0. The molecule has 0 spiro atoms. The molecule has 2 nitrogen and oxygen atoms in total. The molecular formula is C9H14N2. The van der Waals surface area contributed by atoms with E-state index in [0.717, 1.165) is 0 Å². The molecule has 0 aromatic rings. The fourth-order valence-electron chi connectivity index (χ4n) is 1.16. The van der Waals surface area contributed by atoms with Crippen LogP contribution in [0.3, 0.4) is 0 Å². The van der Waals surface area contributed by atoms with Crippen molar-refractivity contribution in [3.8, 4) is 12.1 Å². The second-order valence-corrected chi connectivity index (χ2v) is 4.29. The van der Waals surface area contributed by atoms with Gasteiger partial charge < -0.3 is 0 Å². The quantitative estimate of drug-likeness (QED) is 0.576. The first-order chi connectivity index (χ1) is 4.83. The lowest BCUT2D eigenvalue weighted by atomic mass is 9.77. The summed E-state index contributed by atoms with van der Waals surface area (Å²) in [5.74, 6) is 0. The maximum Gasteiger partial charge on any atom is 0.141 e. The molecule has 0 N–H and O–H groups in total. The molecule has 0 aliphatic rings. The highest BCUT2D eigenvalue weighted by Gasteiger charge is 2.29. The molecule has 0 aromatic carbocycles. The smallest absolute Gasteiger partial charge is 0.141 e. The number of hydrogen-bond donors (Lipinski definition) is 0. The molecule has 0 saturated heterocycles. The van der Waals surface area contributed by atoms with E-state index in [9.17, 15) is 0 Å². The Morgan fingerprint density at radius 2 is 1.36 bits per heavy atom. The van der Waals surface area contributed by atoms with Crippen LogP contribution in [0, 0.1) is 33.5 Å². The number of nitriles is 2. The SMILES string of the molecule is CC(C)(C)CC(C)(C#N)C#N. The van der Waals surface area contributed by atoms with Gasteiger partial charge in [0.05, 0.1) is 12.1 Å². The summed E-state index contributed by atoms with van der Waals surface area (Å²) in [5.41, 5.74) is -0.779. The molecular weight excluding hydrogens is 136 g/mol. The minimum atomic E-state index is -0.821. The molecule has 0 rings (SSSR count). The molecule has 0 heterocycles. The zero-order valence-corrected chi connectivity index (χ0v) is 7.60. The Bertz CT molecular complexity index is 195. The van der Waals surface area contributed by atoms with Gasteiger partial charge in [-0.15, -0.1) is 0 Å². The van der Waals surface area contributed by atoms with Crippen molar-refractivity contribution in [1.82, 2.24) is 0 Å². The highest BCUT2D eigenvalue weighted by atomic mass is 14.4. The Morgan fingerprint density at radius 3 is 1.45 bits per heavy atom. The molecule has 0 fully saturated rings. The predicted octanol–water partition coefficient (Wildman–Crippen LogP) is 2.48. The lowest BCUT2D eigenvalue weighted by Crippen LogP contribution is -2.20. The normalized spacial score (nSPS) is 11.8. The van der Waals surface area contributed by atoms with E-state index in [0.29, 0.717) is 6.42 Å². The topological polar surface area (TPSA) is 47.6 Å². The summed E-state index contributed by atoms with van der Waals surface area (Å²) in [6.45, 7) is 7.76. The molecule has 0 radical (unpaired) electrons. The first kappa shape index (κ1) is 9.98. The van der Waals surface area contributed by atoms with Crippen LogP contribution in [-0.2, 0) is 0 Å². The van der Waals surface area contributed by atoms with Gasteiger partial charge in [0.15, 0.2) is 0 Å². The van der Waals surface area contributed by atoms with Crippen molar-refractivity contribution in [3.63, 3.8) is 0 Å². The Morgan fingerprint density at radius 1 is 1.00 bits per heavy atom. The highest BCUT2D eigenvalue weighted by molar-refractivity contribution is 5.11. The van der Waals surface area contributed by atoms with Gasteiger partial charge in [-0.25, -0.2) is 0 Å². The van der Waals surface area contributed by atoms with Gasteiger partial charge >= 0.3 is 0 Å². The van der Waals surface area contributed by atoms with Crippen LogP contribution in [0.25, 0.3) is 0 Å². The maximum atomic E-state index is 8.68. The highest BCUT2D eigenvalue weighted by Crippen LogP contribution is 2.31. The predicted molar refractivity (Wildman–Crippen MR) is 43.4 cm³/mol. The van der Waals surface area contributed by atoms with E-state index in [1.807, 2.05) is 32.9 Å². The van der Waals surface area contributed by atoms with Crippen molar-refractivity contribution in [2.45, 2.75) is 34.1 Å². The molecule has 0 amide bonds. The Labute approximate surface area is 68.4 Å². The Kier molecular flexibility index (Phi) is 2.65. The monoisotopic (exact) mass is 150 g/mol. The van der Waals surface area contributed by atoms with Crippen LogP contribution >= 0.6 is 0 Å². The molecule has 0 aliphatic carbocycles. The first-order valence-electron chi connectivity index (χ1n) is 3.65. The number of hydrogen-bond acceptors (Lipinski definition) is 2. The molecule has 2 heteroatoms. The van der Waals surface area contributed by atoms with Crippen molar-refractivity contribution in [2.75, 3.05) is 0 Å². The maximum absolute atomic E-state index is 8.68. The second-order valence-electron chi connectivity index (χ2n) is 4.29. The van der Waals surface area contributed by atoms with Gasteiger partial charge in [0.25, 0.3) is 0 Å². The second kappa shape index (κ2) is 2.93. The summed E-state index contributed by atoms with van der Waals surface area (Å²) >= 11 is 0. The molecule has 11 heavy (non-hydrogen) atoms. The molecule has 0 aromatic heterocycles. The molecule has 0 unspecified atom stereocenters. The standard InChI is InChI=1S/C9H14N2/c1-8(2,3)5-9(4,6-10)7-11/h5H2,1-4H3. The fraction of sp³-hybridized carbons (Fsp3) is 0.778. The van der Waals surface area contributed by atoms with E-state index in [1.165, 1.54) is 0 Å². The lowest BCUT2D eigenvalue weighted by molar-refractivity contribution is 0.298. The van der Waals surface area contributed by atoms with Gasteiger partial charge in [-0.1, -0.05) is 20.8 Å². The van der Waals surface area contributed by atoms with Crippen LogP contribution in [0.15, 0.2) is 0 Å². The molecule has 0 aliphatic heterocycles. The average Bonchev–Trinajstić information content (AvgIpc) is 1.84. The lowest BCUT2D eigenvalue weighted by Gasteiger charge is -2.23. The number of nitrogens with zero attached hydrogens (tertiary/aromatic N) is 2. The van der Waals surface area contributed by atoms with Gasteiger partial charge in [-0.05, 0) is 18.8 Å². The molecule has 0 saturated carbocycles. The third-order valence-electron chi connectivity index (χ3n) is 1.38. The van der Waals surface area contributed by atoms with Gasteiger partial charge in [-0.3, -0.25) is 0 Å². The summed E-state index contributed by atoms with van der Waals surface area (Å²) in [7, 11) is 0. The van der Waals surface area contributed by atoms with E-state index in [1.54, 1.807) is 6.92 Å². The van der Waals surface area contributed by atoms with E-state index in [-0.39, 0.29) is 5.41 Å². The van der Waals surface area contributed by atoms with Crippen LogP contribution in [0.2, 0.25) is 0 Å². The van der Waals surface area contributed by atoms with E-state index in [2.05, 4.69) is 0 Å². The first-order valence-corrected chi connectivity index (χ1v) is 3.65. The van der Waals surface area contributed by atoms with Gasteiger partial charge in [0.2, 0.25) is 0 Å². The summed E-state index contributed by atoms with van der Waals surface area (Å²) in [6, 6.07) is 4.05. The van der Waals surface area contributed by atoms with Crippen LogP contribution in [0.5, 0.6) is 0 Å². The van der Waals surface area contributed by atoms with Crippen molar-refractivity contribution in [3.05, 3.63) is 0 Å². The van der Waals surface area contributed by atoms with Crippen molar-refractivity contribution >= 4 is 0 Å². The van der Waals surface area contributed by atoms with Gasteiger partial charge in [-0.2, -0.15) is 10.5 Å². The largest absolute Gasteiger partial charge is 0.197 e. The van der Waals surface area contributed by atoms with Crippen LogP contribution < -0.4 is 0 Å². The zero-order chi connectivity index (χ0) is 9.12. The minimum Gasteiger partial charge on any atom is -0.197 e. The number of rotatable bonds is 1. The Balaban J connectivity index is 4.40. The third-order valence-corrected chi connectivity index (χ3v) is 1.38. The molecule has 60 valence electrons. The van der Waals surface area contributed by atoms with E-state index < -0.39 is 5.41 Å². The van der Waals surface area contributed by atoms with Gasteiger partial charge in [0, 0.05) is 0 Å². The zero-order valence-electron chi connectivity index (χ0n) is 7.60. The van der Waals surface area contributed by atoms with Gasteiger partial charge in [0.1, 0.15) is 5.41 Å². The Hall–Kier alpha value is -1.02. The van der Waals surface area contributed by atoms with E-state index in [4.69, 9.17) is 10.5 Å². The van der Waals surface area contributed by atoms with Crippen LogP contribution in [-0.4, -0.2) is 0 Å². The van der Waals surface area contributed by atoms with Crippen LogP contribution in [0.4, 0.5) is 0 Å².